The average Bonchev–Trinajstić information content (AvgIpc) is 2.91. The minimum atomic E-state index is -0.942. The third-order valence-corrected chi connectivity index (χ3v) is 6.17. The van der Waals surface area contributed by atoms with Crippen molar-refractivity contribution < 1.29 is 9.90 Å². The number of aliphatic imine (C=N–C) groups is 1. The fourth-order valence-corrected chi connectivity index (χ4v) is 4.32. The Bertz CT molecular complexity index is 1490. The molecule has 0 radical (unpaired) electrons. The Morgan fingerprint density at radius 2 is 1.78 bits per heavy atom. The smallest absolute Gasteiger partial charge is 0.335 e. The van der Waals surface area contributed by atoms with E-state index in [-0.39, 0.29) is 11.6 Å². The summed E-state index contributed by atoms with van der Waals surface area (Å²) in [4.78, 5) is 15.5. The van der Waals surface area contributed by atoms with Crippen LogP contribution in [0, 0.1) is 11.3 Å². The van der Waals surface area contributed by atoms with Gasteiger partial charge in [0.25, 0.3) is 0 Å². The summed E-state index contributed by atoms with van der Waals surface area (Å²) in [6.45, 7) is 4.43. The van der Waals surface area contributed by atoms with Gasteiger partial charge in [-0.1, -0.05) is 60.7 Å². The van der Waals surface area contributed by atoms with Crippen LogP contribution in [-0.2, 0) is 6.54 Å². The zero-order chi connectivity index (χ0) is 25.5. The Balaban J connectivity index is 1.75. The number of nitrogens with one attached hydrogen (secondary N) is 1. The summed E-state index contributed by atoms with van der Waals surface area (Å²) in [5, 5.41) is 24.9. The van der Waals surface area contributed by atoms with Gasteiger partial charge in [0.1, 0.15) is 0 Å². The second kappa shape index (κ2) is 11.3. The monoisotopic (exact) mass is 473 g/mol. The lowest BCUT2D eigenvalue weighted by Gasteiger charge is -2.22. The number of rotatable bonds is 8. The highest BCUT2D eigenvalue weighted by atomic mass is 16.4. The van der Waals surface area contributed by atoms with Crippen molar-refractivity contribution in [3.8, 4) is 17.2 Å². The number of benzene rings is 4. The average molecular weight is 474 g/mol. The van der Waals surface area contributed by atoms with Gasteiger partial charge < -0.3 is 10.4 Å². The van der Waals surface area contributed by atoms with Gasteiger partial charge in [-0.15, -0.1) is 0 Å². The van der Waals surface area contributed by atoms with E-state index in [4.69, 9.17) is 5.11 Å². The molecule has 4 aromatic carbocycles. The molecule has 36 heavy (non-hydrogen) atoms. The molecule has 0 spiro atoms. The summed E-state index contributed by atoms with van der Waals surface area (Å²) in [5.41, 5.74) is 5.78. The van der Waals surface area contributed by atoms with E-state index in [1.165, 1.54) is 0 Å². The highest BCUT2D eigenvalue weighted by Crippen LogP contribution is 2.34. The molecule has 0 aliphatic heterocycles. The van der Waals surface area contributed by atoms with Crippen molar-refractivity contribution in [2.45, 2.75) is 26.4 Å². The first kappa shape index (κ1) is 24.6. The van der Waals surface area contributed by atoms with Crippen LogP contribution in [0.15, 0.2) is 102 Å². The molecule has 0 aromatic heterocycles. The van der Waals surface area contributed by atoms with Crippen molar-refractivity contribution in [1.29, 1.82) is 5.26 Å². The van der Waals surface area contributed by atoms with Crippen molar-refractivity contribution in [3.63, 3.8) is 0 Å². The lowest BCUT2D eigenvalue weighted by Crippen LogP contribution is -2.22. The number of carbonyl (C=O) groups is 1. The normalized spacial score (nSPS) is 12.5. The predicted molar refractivity (Wildman–Crippen MR) is 145 cm³/mol. The first-order chi connectivity index (χ1) is 17.5. The SMILES string of the molecule is CC=N/C=C(\C)C(NCc1ccc(C(=O)O)cc1)c1ccc(C#N)c(-c2cccc3ccccc23)c1. The molecule has 0 aliphatic rings. The number of fused-ring (bicyclic) bond motifs is 1. The number of carboxylic acids is 1. The van der Waals surface area contributed by atoms with Crippen LogP contribution < -0.4 is 5.32 Å². The topological polar surface area (TPSA) is 85.5 Å². The summed E-state index contributed by atoms with van der Waals surface area (Å²) < 4.78 is 0. The van der Waals surface area contributed by atoms with Gasteiger partial charge in [-0.3, -0.25) is 4.99 Å². The molecule has 178 valence electrons. The van der Waals surface area contributed by atoms with Crippen LogP contribution in [0.4, 0.5) is 0 Å². The summed E-state index contributed by atoms with van der Waals surface area (Å²) in [6, 6.07) is 29.3. The molecule has 0 amide bonds. The Hall–Kier alpha value is -4.53. The van der Waals surface area contributed by atoms with Crippen molar-refractivity contribution in [2.24, 2.45) is 4.99 Å². The maximum absolute atomic E-state index is 11.2. The minimum absolute atomic E-state index is 0.158. The van der Waals surface area contributed by atoms with Gasteiger partial charge in [0.2, 0.25) is 0 Å². The summed E-state index contributed by atoms with van der Waals surface area (Å²) in [5.74, 6) is -0.942. The van der Waals surface area contributed by atoms with Crippen LogP contribution in [-0.4, -0.2) is 17.3 Å². The van der Waals surface area contributed by atoms with Crippen LogP contribution in [0.3, 0.4) is 0 Å². The van der Waals surface area contributed by atoms with E-state index in [0.717, 1.165) is 38.6 Å². The second-order valence-corrected chi connectivity index (χ2v) is 8.54. The first-order valence-electron chi connectivity index (χ1n) is 11.7. The molecule has 5 heteroatoms. The molecular weight excluding hydrogens is 446 g/mol. The molecule has 2 N–H and O–H groups in total. The van der Waals surface area contributed by atoms with Crippen molar-refractivity contribution in [3.05, 3.63) is 119 Å². The van der Waals surface area contributed by atoms with Crippen LogP contribution >= 0.6 is 0 Å². The molecule has 0 fully saturated rings. The van der Waals surface area contributed by atoms with Crippen molar-refractivity contribution in [2.75, 3.05) is 0 Å². The molecule has 0 bridgehead atoms. The lowest BCUT2D eigenvalue weighted by molar-refractivity contribution is 0.0697. The predicted octanol–water partition coefficient (Wildman–Crippen LogP) is 6.90. The third-order valence-electron chi connectivity index (χ3n) is 6.17. The summed E-state index contributed by atoms with van der Waals surface area (Å²) in [7, 11) is 0. The van der Waals surface area contributed by atoms with Crippen LogP contribution in [0.1, 0.15) is 46.9 Å². The third kappa shape index (κ3) is 5.41. The lowest BCUT2D eigenvalue weighted by atomic mass is 9.90. The van der Waals surface area contributed by atoms with Crippen LogP contribution in [0.2, 0.25) is 0 Å². The maximum Gasteiger partial charge on any atom is 0.335 e. The van der Waals surface area contributed by atoms with E-state index < -0.39 is 5.97 Å². The number of aromatic carboxylic acids is 1. The first-order valence-corrected chi connectivity index (χ1v) is 11.7. The highest BCUT2D eigenvalue weighted by Gasteiger charge is 2.17. The molecule has 5 nitrogen and oxygen atoms in total. The quantitative estimate of drug-likeness (QED) is 0.273. The molecular formula is C31H27N3O2. The highest BCUT2D eigenvalue weighted by molar-refractivity contribution is 5.98. The molecule has 0 aliphatic carbocycles. The zero-order valence-electron chi connectivity index (χ0n) is 20.3. The van der Waals surface area contributed by atoms with Gasteiger partial charge in [0, 0.05) is 24.5 Å². The number of nitriles is 1. The molecule has 0 heterocycles. The zero-order valence-corrected chi connectivity index (χ0v) is 20.3. The van der Waals surface area contributed by atoms with E-state index in [1.54, 1.807) is 18.3 Å². The molecule has 4 aromatic rings. The number of carboxylic acid groups (broad SMARTS) is 1. The second-order valence-electron chi connectivity index (χ2n) is 8.54. The fraction of sp³-hybridized carbons (Fsp3) is 0.129. The van der Waals surface area contributed by atoms with E-state index in [9.17, 15) is 10.1 Å². The van der Waals surface area contributed by atoms with Gasteiger partial charge in [-0.25, -0.2) is 4.79 Å². The Morgan fingerprint density at radius 1 is 1.03 bits per heavy atom. The fourth-order valence-electron chi connectivity index (χ4n) is 4.32. The number of nitrogens with zero attached hydrogens (tertiary/aromatic N) is 2. The van der Waals surface area contributed by atoms with Crippen molar-refractivity contribution >= 4 is 23.0 Å². The van der Waals surface area contributed by atoms with Gasteiger partial charge in [0.05, 0.1) is 23.2 Å². The standard InChI is InChI=1S/C31H27N3O2/c1-3-33-19-21(2)30(34-20-22-11-13-24(14-12-22)31(35)36)25-15-16-26(18-32)29(17-25)28-10-6-8-23-7-4-5-9-27(23)28/h3-17,19,30,34H,20H2,1-2H3,(H,35,36)/b21-19+,33-3?. The van der Waals surface area contributed by atoms with Crippen molar-refractivity contribution in [1.82, 2.24) is 5.32 Å². The van der Waals surface area contributed by atoms with Gasteiger partial charge in [0.15, 0.2) is 0 Å². The van der Waals surface area contributed by atoms with E-state index in [0.29, 0.717) is 12.1 Å². The number of hydrogen-bond acceptors (Lipinski definition) is 4. The van der Waals surface area contributed by atoms with Crippen LogP contribution in [0.25, 0.3) is 21.9 Å². The Kier molecular flexibility index (Phi) is 7.69. The molecule has 0 saturated carbocycles. The molecule has 4 rings (SSSR count). The molecule has 0 saturated heterocycles. The molecule has 1 unspecified atom stereocenters. The minimum Gasteiger partial charge on any atom is -0.478 e. The van der Waals surface area contributed by atoms with Gasteiger partial charge >= 0.3 is 5.97 Å². The van der Waals surface area contributed by atoms with Gasteiger partial charge in [-0.2, -0.15) is 5.26 Å². The Labute approximate surface area is 211 Å². The van der Waals surface area contributed by atoms with E-state index in [1.807, 2.05) is 62.5 Å². The maximum atomic E-state index is 11.2. The van der Waals surface area contributed by atoms with Gasteiger partial charge in [-0.05, 0) is 71.1 Å². The summed E-state index contributed by atoms with van der Waals surface area (Å²) in [6.07, 6.45) is 3.58. The largest absolute Gasteiger partial charge is 0.478 e. The Morgan fingerprint density at radius 3 is 2.50 bits per heavy atom. The summed E-state index contributed by atoms with van der Waals surface area (Å²) >= 11 is 0. The molecule has 1 atom stereocenters. The number of hydrogen-bond donors (Lipinski definition) is 2. The van der Waals surface area contributed by atoms with E-state index >= 15 is 0 Å². The van der Waals surface area contributed by atoms with Crippen LogP contribution in [0.5, 0.6) is 0 Å². The van der Waals surface area contributed by atoms with E-state index in [2.05, 4.69) is 46.7 Å².